The van der Waals surface area contributed by atoms with Crippen LogP contribution in [0.2, 0.25) is 0 Å². The van der Waals surface area contributed by atoms with E-state index in [1.807, 2.05) is 0 Å². The van der Waals surface area contributed by atoms with Gasteiger partial charge in [0.05, 0.1) is 0 Å². The van der Waals surface area contributed by atoms with Gasteiger partial charge < -0.3 is 0 Å². The Bertz CT molecular complexity index is 8.00. The molecule has 0 bridgehead atoms. The van der Waals surface area contributed by atoms with Crippen molar-refractivity contribution in [1.29, 1.82) is 0 Å². The molecule has 0 aromatic carbocycles. The Morgan fingerprint density at radius 3 is 1.75 bits per heavy atom. The quantitative estimate of drug-likeness (QED) is 0.389. The maximum absolute atomic E-state index is 7.72. The second-order valence-electron chi connectivity index (χ2n) is 0.183. The standard InChI is InChI=1S/H2O.H2P.V.Zn/h2*1H2;;/q;-1;;+2/p-1. The van der Waals surface area contributed by atoms with Crippen molar-refractivity contribution in [3.05, 3.63) is 0 Å². The van der Waals surface area contributed by atoms with Gasteiger partial charge in [-0.3, -0.25) is 0 Å². The van der Waals surface area contributed by atoms with E-state index in [-0.39, 0.29) is 18.6 Å². The van der Waals surface area contributed by atoms with Gasteiger partial charge in [0.1, 0.15) is 0 Å². The van der Waals surface area contributed by atoms with Crippen molar-refractivity contribution < 1.29 is 39.5 Å². The van der Waals surface area contributed by atoms with Crippen LogP contribution in [0.15, 0.2) is 0 Å². The van der Waals surface area contributed by atoms with Crippen molar-refractivity contribution in [2.45, 2.75) is 0 Å². The minimum Gasteiger partial charge on any atom is 0 e. The summed E-state index contributed by atoms with van der Waals surface area (Å²) in [5.74, 6) is 0. The van der Waals surface area contributed by atoms with Crippen LogP contribution in [0, 0.1) is 0 Å². The van der Waals surface area contributed by atoms with Crippen molar-refractivity contribution in [3.8, 4) is 0 Å². The second kappa shape index (κ2) is 8.82. The van der Waals surface area contributed by atoms with E-state index in [0.717, 1.165) is 0 Å². The van der Waals surface area contributed by atoms with Crippen LogP contribution < -0.4 is 0 Å². The Hall–Kier alpha value is 1.60. The molecule has 0 aromatic heterocycles. The number of hydrogen-bond acceptors (Lipinski definition) is 1. The third-order valence-electron chi connectivity index (χ3n) is 0. The molecule has 0 aliphatic heterocycles. The first-order valence-electron chi connectivity index (χ1n) is 0.724. The van der Waals surface area contributed by atoms with Crippen LogP contribution in [-0.2, 0) is 35.6 Å². The van der Waals surface area contributed by atoms with Gasteiger partial charge in [0.15, 0.2) is 0 Å². The zero-order chi connectivity index (χ0) is 2.71. The maximum atomic E-state index is 7.72. The topological polar surface area (TPSA) is 20.2 Å². The fourth-order valence-corrected chi connectivity index (χ4v) is 0. The molecule has 0 aromatic rings. The molecule has 21 valence electrons. The zero-order valence-electron chi connectivity index (χ0n) is 2.18. The Morgan fingerprint density at radius 1 is 1.75 bits per heavy atom. The van der Waals surface area contributed by atoms with Crippen LogP contribution in [0.3, 0.4) is 0 Å². The van der Waals surface area contributed by atoms with Crippen LogP contribution in [0.4, 0.5) is 0 Å². The summed E-state index contributed by atoms with van der Waals surface area (Å²) in [6.07, 6.45) is 0. The summed E-state index contributed by atoms with van der Waals surface area (Å²) < 4.78 is 7.72. The fraction of sp³-hybridized carbons (Fsp3) is 0. The third kappa shape index (κ3) is 9.51. The van der Waals surface area contributed by atoms with Gasteiger partial charge in [0.2, 0.25) is 0 Å². The molecule has 0 saturated carbocycles. The van der Waals surface area contributed by atoms with Crippen LogP contribution >= 0.6 is 7.57 Å². The molecule has 4 heavy (non-hydrogen) atoms. The van der Waals surface area contributed by atoms with E-state index in [2.05, 4.69) is 7.57 Å². The molecular formula is H3OPVZn. The molecule has 1 radical (unpaired) electrons. The van der Waals surface area contributed by atoms with Crippen LogP contribution in [0.1, 0.15) is 0 Å². The molecule has 1 N–H and O–H groups in total. The molecule has 0 saturated heterocycles. The average Bonchev–Trinajstić information content (AvgIpc) is 0.918. The molecule has 0 aliphatic carbocycles. The van der Waals surface area contributed by atoms with E-state index in [9.17, 15) is 0 Å². The van der Waals surface area contributed by atoms with Gasteiger partial charge in [-0.2, -0.15) is 0 Å². The van der Waals surface area contributed by atoms with E-state index in [0.29, 0.717) is 0 Å². The Kier molecular flexibility index (Phi) is 20.2. The van der Waals surface area contributed by atoms with Crippen molar-refractivity contribution in [3.63, 3.8) is 0 Å². The molecule has 0 spiro atoms. The summed E-state index contributed by atoms with van der Waals surface area (Å²) in [5.41, 5.74) is 0. The predicted octanol–water partition coefficient (Wildman–Crippen LogP) is -0.236. The van der Waals surface area contributed by atoms with Gasteiger partial charge in [-0.05, 0) is 0 Å². The zero-order valence-corrected chi connectivity index (χ0v) is 7.70. The minimum atomic E-state index is -0.958. The summed E-state index contributed by atoms with van der Waals surface area (Å²) in [6, 6.07) is 0. The molecule has 0 rings (SSSR count). The van der Waals surface area contributed by atoms with Crippen molar-refractivity contribution in [1.82, 2.24) is 0 Å². The molecule has 0 aliphatic rings. The molecule has 0 fully saturated rings. The summed E-state index contributed by atoms with van der Waals surface area (Å²) in [7, 11) is 2.32. The number of hydrogen-bond donors (Lipinski definition) is 1. The Labute approximate surface area is 47.1 Å². The van der Waals surface area contributed by atoms with Gasteiger partial charge in [-0.15, -0.1) is 0 Å². The van der Waals surface area contributed by atoms with Crippen LogP contribution in [-0.4, -0.2) is 3.93 Å². The largest absolute Gasteiger partial charge is 0 e. The van der Waals surface area contributed by atoms with Crippen molar-refractivity contribution >= 4 is 7.57 Å². The average molecular weight is 166 g/mol. The summed E-state index contributed by atoms with van der Waals surface area (Å²) in [6.45, 7) is 0. The third-order valence-corrected chi connectivity index (χ3v) is 0. The first-order valence-corrected chi connectivity index (χ1v) is 8.01. The summed E-state index contributed by atoms with van der Waals surface area (Å²) in [4.78, 5) is 0. The fourth-order valence-electron chi connectivity index (χ4n) is 0. The molecule has 0 heterocycles. The van der Waals surface area contributed by atoms with Gasteiger partial charge in [0, 0.05) is 18.6 Å². The van der Waals surface area contributed by atoms with E-state index < -0.39 is 17.0 Å². The van der Waals surface area contributed by atoms with E-state index in [1.165, 1.54) is 0 Å². The maximum Gasteiger partial charge on any atom is 0 e. The summed E-state index contributed by atoms with van der Waals surface area (Å²) >= 11 is -0.958. The second-order valence-corrected chi connectivity index (χ2v) is 2.85. The van der Waals surface area contributed by atoms with Crippen molar-refractivity contribution in [2.24, 2.45) is 0 Å². The van der Waals surface area contributed by atoms with Crippen LogP contribution in [0.5, 0.6) is 0 Å². The minimum absolute atomic E-state index is 0. The smallest absolute Gasteiger partial charge is 0 e. The van der Waals surface area contributed by atoms with Crippen molar-refractivity contribution in [2.75, 3.05) is 0 Å². The van der Waals surface area contributed by atoms with Gasteiger partial charge in [-0.1, -0.05) is 0 Å². The Balaban J connectivity index is 0. The molecule has 0 amide bonds. The normalized spacial score (nSPS) is 2.50. The molecule has 1 atom stereocenters. The first kappa shape index (κ1) is 9.14. The SMILES string of the molecule is [OH][Zn][PH2].[V]. The van der Waals surface area contributed by atoms with E-state index in [1.54, 1.807) is 0 Å². The van der Waals surface area contributed by atoms with E-state index in [4.69, 9.17) is 3.93 Å². The van der Waals surface area contributed by atoms with E-state index >= 15 is 0 Å². The van der Waals surface area contributed by atoms with Gasteiger partial charge in [-0.25, -0.2) is 0 Å². The number of rotatable bonds is 0. The Morgan fingerprint density at radius 2 is 1.75 bits per heavy atom. The van der Waals surface area contributed by atoms with Gasteiger partial charge >= 0.3 is 28.5 Å². The first-order chi connectivity index (χ1) is 1.41. The van der Waals surface area contributed by atoms with Gasteiger partial charge in [0.25, 0.3) is 0 Å². The van der Waals surface area contributed by atoms with Crippen LogP contribution in [0.25, 0.3) is 0 Å². The summed E-state index contributed by atoms with van der Waals surface area (Å²) in [5, 5.41) is 0. The molecule has 1 unspecified atom stereocenters. The molecule has 1 nitrogen and oxygen atoms in total. The predicted molar refractivity (Wildman–Crippen MR) is 11.9 cm³/mol. The monoisotopic (exact) mass is 165 g/mol. The molecule has 4 heteroatoms. The molecular weight excluding hydrogens is 163 g/mol.